The second-order valence-corrected chi connectivity index (χ2v) is 5.70. The third-order valence-corrected chi connectivity index (χ3v) is 4.65. The first-order chi connectivity index (χ1) is 8.24. The molecule has 2 rings (SSSR count). The van der Waals surface area contributed by atoms with Crippen molar-refractivity contribution in [3.63, 3.8) is 0 Å². The summed E-state index contributed by atoms with van der Waals surface area (Å²) in [7, 11) is 0. The molecule has 100 valence electrons. The topological polar surface area (TPSA) is 24.5 Å². The van der Waals surface area contributed by atoms with Gasteiger partial charge in [-0.05, 0) is 38.6 Å². The first-order valence-corrected chi connectivity index (χ1v) is 7.31. The van der Waals surface area contributed by atoms with Crippen LogP contribution in [0.3, 0.4) is 0 Å². The van der Waals surface area contributed by atoms with Gasteiger partial charge >= 0.3 is 0 Å². The van der Waals surface area contributed by atoms with Gasteiger partial charge in [-0.2, -0.15) is 0 Å². The summed E-state index contributed by atoms with van der Waals surface area (Å²) in [5.41, 5.74) is 0. The van der Waals surface area contributed by atoms with Crippen molar-refractivity contribution in [3.05, 3.63) is 0 Å². The maximum absolute atomic E-state index is 5.53. The second-order valence-electron chi connectivity index (χ2n) is 5.70. The van der Waals surface area contributed by atoms with Crippen molar-refractivity contribution >= 4 is 0 Å². The zero-order valence-electron chi connectivity index (χ0n) is 11.6. The Balaban J connectivity index is 1.88. The van der Waals surface area contributed by atoms with Crippen LogP contribution in [0.25, 0.3) is 0 Å². The van der Waals surface area contributed by atoms with Crippen LogP contribution in [-0.4, -0.2) is 49.3 Å². The molecule has 0 saturated carbocycles. The van der Waals surface area contributed by atoms with Crippen molar-refractivity contribution in [3.8, 4) is 0 Å². The third-order valence-electron chi connectivity index (χ3n) is 4.65. The summed E-state index contributed by atoms with van der Waals surface area (Å²) in [6, 6.07) is 2.08. The minimum atomic E-state index is 0.680. The first kappa shape index (κ1) is 13.3. The summed E-state index contributed by atoms with van der Waals surface area (Å²) < 4.78 is 5.53. The van der Waals surface area contributed by atoms with Gasteiger partial charge < -0.3 is 10.1 Å². The molecule has 2 saturated heterocycles. The van der Waals surface area contributed by atoms with E-state index in [1.54, 1.807) is 0 Å². The predicted octanol–water partition coefficient (Wildman–Crippen LogP) is 1.87. The maximum Gasteiger partial charge on any atom is 0.0622 e. The van der Waals surface area contributed by atoms with Gasteiger partial charge in [0.1, 0.15) is 0 Å². The lowest BCUT2D eigenvalue weighted by molar-refractivity contribution is 0.0406. The van der Waals surface area contributed by atoms with E-state index < -0.39 is 0 Å². The van der Waals surface area contributed by atoms with Crippen LogP contribution < -0.4 is 5.32 Å². The number of hydrogen-bond donors (Lipinski definition) is 1. The highest BCUT2D eigenvalue weighted by Gasteiger charge is 2.36. The van der Waals surface area contributed by atoms with Gasteiger partial charge in [-0.3, -0.25) is 4.90 Å². The zero-order chi connectivity index (χ0) is 12.3. The molecule has 0 spiro atoms. The van der Waals surface area contributed by atoms with Crippen LogP contribution in [0.1, 0.15) is 40.0 Å². The molecule has 0 aromatic heterocycles. The van der Waals surface area contributed by atoms with Crippen LogP contribution >= 0.6 is 0 Å². The standard InChI is InChI=1S/C14H28N2O/c1-4-7-15-14-5-8-16(12(3)11(14)2)13-6-9-17-10-13/h11-15H,4-10H2,1-3H3. The number of nitrogens with zero attached hydrogens (tertiary/aromatic N) is 1. The van der Waals surface area contributed by atoms with E-state index in [4.69, 9.17) is 4.74 Å². The molecule has 0 bridgehead atoms. The van der Waals surface area contributed by atoms with Gasteiger partial charge in [0.2, 0.25) is 0 Å². The molecule has 1 N–H and O–H groups in total. The molecule has 3 heteroatoms. The molecule has 0 aliphatic carbocycles. The minimum absolute atomic E-state index is 0.680. The molecule has 2 aliphatic heterocycles. The van der Waals surface area contributed by atoms with E-state index in [1.165, 1.54) is 25.8 Å². The molecule has 0 radical (unpaired) electrons. The predicted molar refractivity (Wildman–Crippen MR) is 71.3 cm³/mol. The molecular weight excluding hydrogens is 212 g/mol. The molecule has 0 amide bonds. The number of likely N-dealkylation sites (tertiary alicyclic amines) is 1. The van der Waals surface area contributed by atoms with Crippen molar-refractivity contribution < 1.29 is 4.74 Å². The van der Waals surface area contributed by atoms with Crippen molar-refractivity contribution in [2.75, 3.05) is 26.3 Å². The van der Waals surface area contributed by atoms with Crippen LogP contribution in [0, 0.1) is 5.92 Å². The average Bonchev–Trinajstić information content (AvgIpc) is 2.85. The normalized spacial score (nSPS) is 39.7. The van der Waals surface area contributed by atoms with Crippen LogP contribution in [0.15, 0.2) is 0 Å². The van der Waals surface area contributed by atoms with Gasteiger partial charge in [-0.25, -0.2) is 0 Å². The van der Waals surface area contributed by atoms with E-state index in [2.05, 4.69) is 31.0 Å². The Kier molecular flexibility index (Phi) is 4.83. The Morgan fingerprint density at radius 3 is 2.76 bits per heavy atom. The lowest BCUT2D eigenvalue weighted by atomic mass is 9.86. The van der Waals surface area contributed by atoms with E-state index in [0.29, 0.717) is 18.1 Å². The molecule has 3 nitrogen and oxygen atoms in total. The monoisotopic (exact) mass is 240 g/mol. The number of rotatable bonds is 4. The quantitative estimate of drug-likeness (QED) is 0.812. The van der Waals surface area contributed by atoms with Gasteiger partial charge in [0.05, 0.1) is 6.61 Å². The fraction of sp³-hybridized carbons (Fsp3) is 1.00. The number of piperidine rings is 1. The minimum Gasteiger partial charge on any atom is -0.380 e. The van der Waals surface area contributed by atoms with E-state index in [1.807, 2.05) is 0 Å². The second kappa shape index (κ2) is 6.17. The van der Waals surface area contributed by atoms with Gasteiger partial charge in [-0.15, -0.1) is 0 Å². The summed E-state index contributed by atoms with van der Waals surface area (Å²) in [5, 5.41) is 3.70. The molecule has 2 fully saturated rings. The van der Waals surface area contributed by atoms with Crippen LogP contribution in [0.2, 0.25) is 0 Å². The molecule has 2 aliphatic rings. The van der Waals surface area contributed by atoms with Crippen LogP contribution in [0.5, 0.6) is 0 Å². The van der Waals surface area contributed by atoms with Gasteiger partial charge in [-0.1, -0.05) is 13.8 Å². The van der Waals surface area contributed by atoms with E-state index in [-0.39, 0.29) is 0 Å². The molecular formula is C14H28N2O. The first-order valence-electron chi connectivity index (χ1n) is 7.31. The van der Waals surface area contributed by atoms with E-state index in [0.717, 1.165) is 25.7 Å². The summed E-state index contributed by atoms with van der Waals surface area (Å²) in [6.45, 7) is 11.3. The number of hydrogen-bond acceptors (Lipinski definition) is 3. The molecule has 2 heterocycles. The van der Waals surface area contributed by atoms with Crippen molar-refractivity contribution in [2.24, 2.45) is 5.92 Å². The highest BCUT2D eigenvalue weighted by molar-refractivity contribution is 4.92. The molecule has 4 unspecified atom stereocenters. The summed E-state index contributed by atoms with van der Waals surface area (Å²) in [4.78, 5) is 2.68. The average molecular weight is 240 g/mol. The Morgan fingerprint density at radius 1 is 1.29 bits per heavy atom. The lowest BCUT2D eigenvalue weighted by Gasteiger charge is -2.45. The van der Waals surface area contributed by atoms with Gasteiger partial charge in [0.15, 0.2) is 0 Å². The Labute approximate surface area is 106 Å². The summed E-state index contributed by atoms with van der Waals surface area (Å²) >= 11 is 0. The zero-order valence-corrected chi connectivity index (χ0v) is 11.6. The van der Waals surface area contributed by atoms with Crippen LogP contribution in [0.4, 0.5) is 0 Å². The fourth-order valence-corrected chi connectivity index (χ4v) is 3.31. The Morgan fingerprint density at radius 2 is 2.12 bits per heavy atom. The fourth-order valence-electron chi connectivity index (χ4n) is 3.31. The number of nitrogens with one attached hydrogen (secondary N) is 1. The van der Waals surface area contributed by atoms with Gasteiger partial charge in [0, 0.05) is 31.3 Å². The highest BCUT2D eigenvalue weighted by atomic mass is 16.5. The van der Waals surface area contributed by atoms with Crippen molar-refractivity contribution in [2.45, 2.75) is 58.2 Å². The maximum atomic E-state index is 5.53. The Hall–Kier alpha value is -0.120. The Bertz CT molecular complexity index is 228. The van der Waals surface area contributed by atoms with Crippen molar-refractivity contribution in [1.29, 1.82) is 0 Å². The highest BCUT2D eigenvalue weighted by Crippen LogP contribution is 2.27. The largest absolute Gasteiger partial charge is 0.380 e. The SMILES string of the molecule is CCCNC1CCN(C2CCOC2)C(C)C1C. The molecule has 4 atom stereocenters. The summed E-state index contributed by atoms with van der Waals surface area (Å²) in [5.74, 6) is 0.746. The smallest absolute Gasteiger partial charge is 0.0622 e. The summed E-state index contributed by atoms with van der Waals surface area (Å²) in [6.07, 6.45) is 3.75. The van der Waals surface area contributed by atoms with Crippen LogP contribution in [-0.2, 0) is 4.74 Å². The molecule has 0 aromatic rings. The lowest BCUT2D eigenvalue weighted by Crippen LogP contribution is -2.56. The van der Waals surface area contributed by atoms with E-state index >= 15 is 0 Å². The molecule has 0 aromatic carbocycles. The van der Waals surface area contributed by atoms with E-state index in [9.17, 15) is 0 Å². The third kappa shape index (κ3) is 3.01. The van der Waals surface area contributed by atoms with Crippen molar-refractivity contribution in [1.82, 2.24) is 10.2 Å². The number of ether oxygens (including phenoxy) is 1. The molecule has 17 heavy (non-hydrogen) atoms. The van der Waals surface area contributed by atoms with Gasteiger partial charge in [0.25, 0.3) is 0 Å².